The first-order valence-corrected chi connectivity index (χ1v) is 9.03. The van der Waals surface area contributed by atoms with E-state index in [0.29, 0.717) is 19.1 Å². The van der Waals surface area contributed by atoms with Crippen molar-refractivity contribution in [1.82, 2.24) is 0 Å². The molecule has 1 aliphatic carbocycles. The van der Waals surface area contributed by atoms with Crippen LogP contribution in [0.5, 0.6) is 5.75 Å². The maximum absolute atomic E-state index is 11.9. The fourth-order valence-corrected chi connectivity index (χ4v) is 4.16. The van der Waals surface area contributed by atoms with E-state index < -0.39 is 10.8 Å². The fraction of sp³-hybridized carbons (Fsp3) is 0.625. The Balaban J connectivity index is 1.61. The van der Waals surface area contributed by atoms with Crippen molar-refractivity contribution in [3.05, 3.63) is 29.8 Å². The Hall–Kier alpha value is -0.870. The normalized spacial score (nSPS) is 17.2. The van der Waals surface area contributed by atoms with Gasteiger partial charge in [0.15, 0.2) is 0 Å². The number of ether oxygens (including phenoxy) is 1. The van der Waals surface area contributed by atoms with Crippen LogP contribution >= 0.6 is 0 Å². The van der Waals surface area contributed by atoms with Gasteiger partial charge in [0.2, 0.25) is 0 Å². The first-order chi connectivity index (χ1) is 9.78. The molecule has 1 fully saturated rings. The molecule has 0 amide bonds. The predicted molar refractivity (Wildman–Crippen MR) is 84.3 cm³/mol. The molecule has 0 saturated heterocycles. The molecule has 1 aliphatic rings. The third-order valence-corrected chi connectivity index (χ3v) is 5.40. The Morgan fingerprint density at radius 1 is 1.30 bits per heavy atom. The molecule has 0 aliphatic heterocycles. The maximum Gasteiger partial charge on any atom is 0.119 e. The van der Waals surface area contributed by atoms with Gasteiger partial charge in [-0.05, 0) is 42.9 Å². The molecule has 20 heavy (non-hydrogen) atoms. The zero-order valence-corrected chi connectivity index (χ0v) is 12.9. The van der Waals surface area contributed by atoms with E-state index in [1.54, 1.807) is 0 Å². The van der Waals surface area contributed by atoms with E-state index in [2.05, 4.69) is 0 Å². The lowest BCUT2D eigenvalue weighted by Gasteiger charge is -2.09. The summed E-state index contributed by atoms with van der Waals surface area (Å²) in [5, 5.41) is 0. The highest BCUT2D eigenvalue weighted by Gasteiger charge is 2.17. The minimum atomic E-state index is -0.674. The van der Waals surface area contributed by atoms with Gasteiger partial charge in [-0.2, -0.15) is 0 Å². The highest BCUT2D eigenvalue weighted by Crippen LogP contribution is 2.25. The van der Waals surface area contributed by atoms with Crippen molar-refractivity contribution in [1.29, 1.82) is 0 Å². The van der Waals surface area contributed by atoms with Crippen molar-refractivity contribution in [2.45, 2.75) is 38.6 Å². The molecule has 0 heterocycles. The molecule has 1 saturated carbocycles. The molecular formula is C16H25NO2S. The molecule has 1 aromatic carbocycles. The van der Waals surface area contributed by atoms with Crippen molar-refractivity contribution < 1.29 is 8.95 Å². The largest absolute Gasteiger partial charge is 0.494 e. The Morgan fingerprint density at radius 2 is 2.10 bits per heavy atom. The zero-order valence-electron chi connectivity index (χ0n) is 12.1. The van der Waals surface area contributed by atoms with E-state index in [1.165, 1.54) is 25.7 Å². The molecule has 112 valence electrons. The third-order valence-electron chi connectivity index (χ3n) is 3.82. The van der Waals surface area contributed by atoms with E-state index in [1.807, 2.05) is 24.3 Å². The predicted octanol–water partition coefficient (Wildman–Crippen LogP) is 2.85. The average Bonchev–Trinajstić information content (AvgIpc) is 2.97. The van der Waals surface area contributed by atoms with E-state index in [4.69, 9.17) is 10.5 Å². The summed E-state index contributed by atoms with van der Waals surface area (Å²) in [4.78, 5) is 0. The maximum atomic E-state index is 11.9. The molecule has 1 atom stereocenters. The topological polar surface area (TPSA) is 52.3 Å². The van der Waals surface area contributed by atoms with Gasteiger partial charge in [0.25, 0.3) is 0 Å². The summed E-state index contributed by atoms with van der Waals surface area (Å²) in [6.45, 7) is 1.16. The number of hydrogen-bond acceptors (Lipinski definition) is 3. The molecule has 2 N–H and O–H groups in total. The molecular weight excluding hydrogens is 270 g/mol. The minimum absolute atomic E-state index is 0.530. The van der Waals surface area contributed by atoms with Crippen LogP contribution in [0.4, 0.5) is 0 Å². The molecule has 0 spiro atoms. The lowest BCUT2D eigenvalue weighted by molar-refractivity contribution is 0.318. The van der Waals surface area contributed by atoms with Gasteiger partial charge in [0, 0.05) is 28.9 Å². The minimum Gasteiger partial charge on any atom is -0.494 e. The highest BCUT2D eigenvalue weighted by molar-refractivity contribution is 7.84. The molecule has 1 aromatic rings. The van der Waals surface area contributed by atoms with Crippen LogP contribution in [-0.4, -0.2) is 22.3 Å². The quantitative estimate of drug-likeness (QED) is 0.750. The van der Waals surface area contributed by atoms with Gasteiger partial charge in [0.1, 0.15) is 5.75 Å². The second-order valence-corrected chi connectivity index (χ2v) is 7.14. The lowest BCUT2D eigenvalue weighted by atomic mass is 10.1. The second kappa shape index (κ2) is 8.42. The molecule has 4 heteroatoms. The molecule has 3 nitrogen and oxygen atoms in total. The van der Waals surface area contributed by atoms with Gasteiger partial charge in [0.05, 0.1) is 6.61 Å². The van der Waals surface area contributed by atoms with Gasteiger partial charge < -0.3 is 10.5 Å². The Labute approximate surface area is 124 Å². The summed E-state index contributed by atoms with van der Waals surface area (Å²) in [6, 6.07) is 7.85. The summed E-state index contributed by atoms with van der Waals surface area (Å²) >= 11 is 0. The standard InChI is InChI=1S/C16H25NO2S/c17-12-15-7-3-8-16(11-15)19-9-4-10-20(18)13-14-5-1-2-6-14/h3,7-8,11,14H,1-2,4-6,9-10,12-13,17H2. The van der Waals surface area contributed by atoms with Crippen LogP contribution in [0, 0.1) is 5.92 Å². The van der Waals surface area contributed by atoms with E-state index in [9.17, 15) is 4.21 Å². The van der Waals surface area contributed by atoms with Gasteiger partial charge >= 0.3 is 0 Å². The van der Waals surface area contributed by atoms with Crippen molar-refractivity contribution in [2.75, 3.05) is 18.1 Å². The van der Waals surface area contributed by atoms with Crippen molar-refractivity contribution in [3.63, 3.8) is 0 Å². The Bertz CT molecular complexity index is 430. The number of benzene rings is 1. The summed E-state index contributed by atoms with van der Waals surface area (Å²) in [5.74, 6) is 3.21. The SMILES string of the molecule is NCc1cccc(OCCCS(=O)CC2CCCC2)c1. The molecule has 0 bridgehead atoms. The van der Waals surface area contributed by atoms with Gasteiger partial charge in [-0.15, -0.1) is 0 Å². The Morgan fingerprint density at radius 3 is 2.85 bits per heavy atom. The van der Waals surface area contributed by atoms with Crippen LogP contribution in [0.1, 0.15) is 37.7 Å². The monoisotopic (exact) mass is 295 g/mol. The average molecular weight is 295 g/mol. The van der Waals surface area contributed by atoms with E-state index in [0.717, 1.165) is 29.2 Å². The van der Waals surface area contributed by atoms with E-state index >= 15 is 0 Å². The van der Waals surface area contributed by atoms with Crippen LogP contribution < -0.4 is 10.5 Å². The zero-order chi connectivity index (χ0) is 14.2. The number of hydrogen-bond donors (Lipinski definition) is 1. The van der Waals surface area contributed by atoms with Gasteiger partial charge in [-0.3, -0.25) is 4.21 Å². The first kappa shape index (κ1) is 15.5. The van der Waals surface area contributed by atoms with E-state index in [-0.39, 0.29) is 0 Å². The van der Waals surface area contributed by atoms with Crippen molar-refractivity contribution in [3.8, 4) is 5.75 Å². The van der Waals surface area contributed by atoms with Crippen LogP contribution in [0.3, 0.4) is 0 Å². The molecule has 0 radical (unpaired) electrons. The Kier molecular flexibility index (Phi) is 6.54. The summed E-state index contributed by atoms with van der Waals surface area (Å²) in [6.07, 6.45) is 6.04. The van der Waals surface area contributed by atoms with Crippen LogP contribution in [0.15, 0.2) is 24.3 Å². The van der Waals surface area contributed by atoms with Crippen molar-refractivity contribution >= 4 is 10.8 Å². The van der Waals surface area contributed by atoms with Gasteiger partial charge in [-0.25, -0.2) is 0 Å². The fourth-order valence-electron chi connectivity index (χ4n) is 2.70. The summed E-state index contributed by atoms with van der Waals surface area (Å²) in [7, 11) is -0.674. The molecule has 1 unspecified atom stereocenters. The van der Waals surface area contributed by atoms with Crippen LogP contribution in [0.25, 0.3) is 0 Å². The first-order valence-electron chi connectivity index (χ1n) is 7.54. The number of nitrogens with two attached hydrogens (primary N) is 1. The lowest BCUT2D eigenvalue weighted by Crippen LogP contribution is -2.12. The summed E-state index contributed by atoms with van der Waals surface area (Å²) < 4.78 is 17.6. The van der Waals surface area contributed by atoms with Crippen molar-refractivity contribution in [2.24, 2.45) is 11.7 Å². The molecule has 0 aromatic heterocycles. The summed E-state index contributed by atoms with van der Waals surface area (Å²) in [5.41, 5.74) is 6.67. The third kappa shape index (κ3) is 5.25. The molecule has 2 rings (SSSR count). The highest BCUT2D eigenvalue weighted by atomic mass is 32.2. The second-order valence-electron chi connectivity index (χ2n) is 5.51. The van der Waals surface area contributed by atoms with Gasteiger partial charge in [-0.1, -0.05) is 25.0 Å². The van der Waals surface area contributed by atoms with Crippen LogP contribution in [-0.2, 0) is 17.3 Å². The van der Waals surface area contributed by atoms with Crippen LogP contribution in [0.2, 0.25) is 0 Å². The number of rotatable bonds is 8. The smallest absolute Gasteiger partial charge is 0.119 e.